The second-order valence-corrected chi connectivity index (χ2v) is 3.10. The lowest BCUT2D eigenvalue weighted by molar-refractivity contribution is -0.384. The molecular weight excluding hydrogens is 230 g/mol. The van der Waals surface area contributed by atoms with Crippen LogP contribution in [0.15, 0.2) is 18.2 Å². The van der Waals surface area contributed by atoms with Crippen molar-refractivity contribution in [2.75, 3.05) is 13.7 Å². The number of carbonyl (C=O) groups excluding carboxylic acids is 2. The molecular formula is C10H9NO6. The molecule has 0 radical (unpaired) electrons. The summed E-state index contributed by atoms with van der Waals surface area (Å²) in [6, 6.07) is 3.13. The van der Waals surface area contributed by atoms with Crippen molar-refractivity contribution < 1.29 is 24.4 Å². The number of hydrogen-bond acceptors (Lipinski definition) is 6. The summed E-state index contributed by atoms with van der Waals surface area (Å²) in [7, 11) is 1.12. The molecule has 0 aromatic heterocycles. The summed E-state index contributed by atoms with van der Waals surface area (Å²) in [6.07, 6.45) is 0. The van der Waals surface area contributed by atoms with E-state index in [-0.39, 0.29) is 11.1 Å². The van der Waals surface area contributed by atoms with Gasteiger partial charge in [-0.25, -0.2) is 4.79 Å². The van der Waals surface area contributed by atoms with Gasteiger partial charge in [0.15, 0.2) is 5.78 Å². The third-order valence-electron chi connectivity index (χ3n) is 2.02. The molecule has 0 atom stereocenters. The summed E-state index contributed by atoms with van der Waals surface area (Å²) >= 11 is 0. The van der Waals surface area contributed by atoms with Gasteiger partial charge in [-0.3, -0.25) is 14.9 Å². The molecule has 90 valence electrons. The number of aliphatic hydroxyl groups is 1. The predicted molar refractivity (Wildman–Crippen MR) is 55.9 cm³/mol. The zero-order valence-electron chi connectivity index (χ0n) is 8.87. The Bertz CT molecular complexity index is 447. The Morgan fingerprint density at radius 1 is 1.35 bits per heavy atom. The maximum absolute atomic E-state index is 11.2. The van der Waals surface area contributed by atoms with Crippen LogP contribution in [-0.4, -0.2) is 35.5 Å². The van der Waals surface area contributed by atoms with Crippen molar-refractivity contribution in [1.82, 2.24) is 0 Å². The molecule has 0 spiro atoms. The maximum atomic E-state index is 11.2. The Morgan fingerprint density at radius 3 is 2.41 bits per heavy atom. The monoisotopic (exact) mass is 239 g/mol. The van der Waals surface area contributed by atoms with Crippen molar-refractivity contribution >= 4 is 17.4 Å². The van der Waals surface area contributed by atoms with Gasteiger partial charge in [0.25, 0.3) is 5.69 Å². The maximum Gasteiger partial charge on any atom is 0.338 e. The number of nitro benzene ring substituents is 1. The first-order chi connectivity index (χ1) is 7.99. The molecule has 17 heavy (non-hydrogen) atoms. The van der Waals surface area contributed by atoms with Crippen LogP contribution in [-0.2, 0) is 4.74 Å². The molecule has 0 aliphatic carbocycles. The van der Waals surface area contributed by atoms with Gasteiger partial charge in [0, 0.05) is 17.7 Å². The van der Waals surface area contributed by atoms with E-state index in [9.17, 15) is 19.7 Å². The van der Waals surface area contributed by atoms with Gasteiger partial charge in [-0.15, -0.1) is 0 Å². The number of non-ortho nitro benzene ring substituents is 1. The van der Waals surface area contributed by atoms with E-state index in [1.165, 1.54) is 0 Å². The second kappa shape index (κ2) is 5.17. The average molecular weight is 239 g/mol. The standard InChI is InChI=1S/C10H9NO6/c1-17-10(14)7-2-6(9(13)5-12)3-8(4-7)11(15)16/h2-4,12H,5H2,1H3. The third kappa shape index (κ3) is 2.85. The van der Waals surface area contributed by atoms with E-state index in [0.29, 0.717) is 0 Å². The summed E-state index contributed by atoms with van der Waals surface area (Å²) in [5.41, 5.74) is -0.634. The van der Waals surface area contributed by atoms with Crippen molar-refractivity contribution in [3.8, 4) is 0 Å². The predicted octanol–water partition coefficient (Wildman–Crippen LogP) is 0.556. The van der Waals surface area contributed by atoms with Gasteiger partial charge in [0.1, 0.15) is 6.61 Å². The quantitative estimate of drug-likeness (QED) is 0.356. The van der Waals surface area contributed by atoms with Crippen LogP contribution in [0.1, 0.15) is 20.7 Å². The fraction of sp³-hybridized carbons (Fsp3) is 0.200. The minimum atomic E-state index is -0.791. The van der Waals surface area contributed by atoms with Gasteiger partial charge < -0.3 is 9.84 Å². The lowest BCUT2D eigenvalue weighted by Gasteiger charge is -2.02. The fourth-order valence-corrected chi connectivity index (χ4v) is 1.20. The van der Waals surface area contributed by atoms with Gasteiger partial charge in [-0.05, 0) is 6.07 Å². The number of rotatable bonds is 4. The molecule has 0 aliphatic heterocycles. The average Bonchev–Trinajstić information content (AvgIpc) is 2.36. The molecule has 7 heteroatoms. The highest BCUT2D eigenvalue weighted by molar-refractivity contribution is 6.00. The Morgan fingerprint density at radius 2 is 1.94 bits per heavy atom. The van der Waals surface area contributed by atoms with Crippen molar-refractivity contribution in [1.29, 1.82) is 0 Å². The highest BCUT2D eigenvalue weighted by atomic mass is 16.6. The first-order valence-corrected chi connectivity index (χ1v) is 4.51. The molecule has 0 heterocycles. The number of esters is 1. The molecule has 0 saturated heterocycles. The Balaban J connectivity index is 3.33. The minimum absolute atomic E-state index is 0.109. The summed E-state index contributed by atoms with van der Waals surface area (Å²) in [6.45, 7) is -0.790. The van der Waals surface area contributed by atoms with Crippen LogP contribution in [0.3, 0.4) is 0 Å². The lowest BCUT2D eigenvalue weighted by Crippen LogP contribution is -2.09. The van der Waals surface area contributed by atoms with E-state index < -0.39 is 29.0 Å². The van der Waals surface area contributed by atoms with Crippen LogP contribution in [0.25, 0.3) is 0 Å². The highest BCUT2D eigenvalue weighted by Crippen LogP contribution is 2.18. The van der Waals surface area contributed by atoms with Gasteiger partial charge >= 0.3 is 5.97 Å². The highest BCUT2D eigenvalue weighted by Gasteiger charge is 2.17. The van der Waals surface area contributed by atoms with Crippen LogP contribution in [0.2, 0.25) is 0 Å². The first kappa shape index (κ1) is 12.8. The van der Waals surface area contributed by atoms with Crippen molar-refractivity contribution in [2.45, 2.75) is 0 Å². The Kier molecular flexibility index (Phi) is 3.89. The number of carbonyl (C=O) groups is 2. The molecule has 1 N–H and O–H groups in total. The van der Waals surface area contributed by atoms with E-state index in [2.05, 4.69) is 4.74 Å². The van der Waals surface area contributed by atoms with Crippen molar-refractivity contribution in [3.05, 3.63) is 39.4 Å². The topological polar surface area (TPSA) is 107 Å². The normalized spacial score (nSPS) is 9.76. The number of ketones is 1. The van der Waals surface area contributed by atoms with E-state index in [1.54, 1.807) is 0 Å². The molecule has 1 aromatic carbocycles. The van der Waals surface area contributed by atoms with E-state index in [0.717, 1.165) is 25.3 Å². The van der Waals surface area contributed by atoms with Crippen molar-refractivity contribution in [3.63, 3.8) is 0 Å². The summed E-state index contributed by atoms with van der Waals surface area (Å²) < 4.78 is 4.40. The third-order valence-corrected chi connectivity index (χ3v) is 2.02. The number of Topliss-reactive ketones (excluding diaryl/α,β-unsaturated/α-hetero) is 1. The van der Waals surface area contributed by atoms with Crippen LogP contribution in [0, 0.1) is 10.1 Å². The summed E-state index contributed by atoms with van der Waals surface area (Å²) in [5.74, 6) is -1.50. The van der Waals surface area contributed by atoms with E-state index in [1.807, 2.05) is 0 Å². The number of hydrogen-bond donors (Lipinski definition) is 1. The van der Waals surface area contributed by atoms with Gasteiger partial charge in [0.05, 0.1) is 17.6 Å². The fourth-order valence-electron chi connectivity index (χ4n) is 1.20. The number of benzene rings is 1. The second-order valence-electron chi connectivity index (χ2n) is 3.10. The SMILES string of the molecule is COC(=O)c1cc(C(=O)CO)cc([N+](=O)[O-])c1. The van der Waals surface area contributed by atoms with Crippen molar-refractivity contribution in [2.24, 2.45) is 0 Å². The summed E-state index contributed by atoms with van der Waals surface area (Å²) in [5, 5.41) is 19.3. The smallest absolute Gasteiger partial charge is 0.338 e. The Labute approximate surface area is 95.8 Å². The van der Waals surface area contributed by atoms with E-state index in [4.69, 9.17) is 5.11 Å². The van der Waals surface area contributed by atoms with Crippen LogP contribution in [0.4, 0.5) is 5.69 Å². The number of methoxy groups -OCH3 is 1. The van der Waals surface area contributed by atoms with Crippen LogP contribution in [0.5, 0.6) is 0 Å². The molecule has 0 saturated carbocycles. The molecule has 0 bridgehead atoms. The Hall–Kier alpha value is -2.28. The first-order valence-electron chi connectivity index (χ1n) is 4.51. The molecule has 0 amide bonds. The van der Waals surface area contributed by atoms with Gasteiger partial charge in [-0.2, -0.15) is 0 Å². The molecule has 0 fully saturated rings. The zero-order valence-corrected chi connectivity index (χ0v) is 8.87. The van der Waals surface area contributed by atoms with Crippen LogP contribution < -0.4 is 0 Å². The molecule has 1 aromatic rings. The number of nitro groups is 1. The minimum Gasteiger partial charge on any atom is -0.465 e. The van der Waals surface area contributed by atoms with Gasteiger partial charge in [0.2, 0.25) is 0 Å². The summed E-state index contributed by atoms with van der Waals surface area (Å²) in [4.78, 5) is 32.3. The van der Waals surface area contributed by atoms with Crippen LogP contribution >= 0.6 is 0 Å². The lowest BCUT2D eigenvalue weighted by atomic mass is 10.1. The number of nitrogens with zero attached hydrogens (tertiary/aromatic N) is 1. The van der Waals surface area contributed by atoms with Gasteiger partial charge in [-0.1, -0.05) is 0 Å². The molecule has 0 unspecified atom stereocenters. The number of aliphatic hydroxyl groups excluding tert-OH is 1. The molecule has 1 rings (SSSR count). The van der Waals surface area contributed by atoms with E-state index >= 15 is 0 Å². The largest absolute Gasteiger partial charge is 0.465 e. The zero-order chi connectivity index (χ0) is 13.0. The molecule has 7 nitrogen and oxygen atoms in total. The molecule has 0 aliphatic rings. The number of ether oxygens (including phenoxy) is 1.